The number of aromatic nitrogens is 6. The molecule has 0 saturated heterocycles. The summed E-state index contributed by atoms with van der Waals surface area (Å²) in [5.41, 5.74) is 20.0. The largest absolute Gasteiger partial charge is 0.456 e. The van der Waals surface area contributed by atoms with E-state index in [1.54, 1.807) is 0 Å². The molecule has 64 heavy (non-hydrogen) atoms. The first-order valence-corrected chi connectivity index (χ1v) is 21.7. The van der Waals surface area contributed by atoms with Gasteiger partial charge in [0, 0.05) is 86.3 Å². The zero-order valence-corrected chi connectivity index (χ0v) is 34.9. The molecule has 12 aromatic rings. The average molecular weight is 823 g/mol. The Morgan fingerprint density at radius 1 is 0.484 bits per heavy atom. The molecule has 7 aromatic heterocycles. The van der Waals surface area contributed by atoms with E-state index in [1.807, 2.05) is 43.1 Å². The van der Waals surface area contributed by atoms with Gasteiger partial charge in [-0.3, -0.25) is 19.9 Å². The normalized spacial score (nSPS) is 13.0. The second-order valence-corrected chi connectivity index (χ2v) is 16.7. The van der Waals surface area contributed by atoms with E-state index in [1.165, 1.54) is 11.1 Å². The minimum atomic E-state index is 0.836. The van der Waals surface area contributed by atoms with Crippen molar-refractivity contribution < 1.29 is 4.42 Å². The van der Waals surface area contributed by atoms with E-state index in [-0.39, 0.29) is 0 Å². The first kappa shape index (κ1) is 36.3. The van der Waals surface area contributed by atoms with Crippen LogP contribution in [0.5, 0.6) is 0 Å². The van der Waals surface area contributed by atoms with Gasteiger partial charge in [-0.1, -0.05) is 60.7 Å². The highest BCUT2D eigenvalue weighted by atomic mass is 16.3. The van der Waals surface area contributed by atoms with Crippen LogP contribution >= 0.6 is 0 Å². The molecule has 1 aliphatic rings. The Bertz CT molecular complexity index is 3920. The Hall–Kier alpha value is -8.42. The fraction of sp³-hybridized carbons (Fsp3) is 0.0526. The fourth-order valence-corrected chi connectivity index (χ4v) is 9.76. The number of hydrogen-bond donors (Lipinski definition) is 0. The van der Waals surface area contributed by atoms with Crippen molar-refractivity contribution in [1.82, 2.24) is 29.1 Å². The number of nitrogens with zero attached hydrogens (tertiary/aromatic N) is 6. The molecule has 7 nitrogen and oxygen atoms in total. The molecule has 0 N–H and O–H groups in total. The third-order valence-electron chi connectivity index (χ3n) is 12.9. The standard InChI is InChI=1S/C57H38N6O/c1-35-14-19-53-57(61-35)49-28-39(43-26-41(32-59-34-43)37-11-6-3-7-12-37)16-21-51(49)63(53)45-18-23-55-47(30-45)46-29-44(17-22-54(46)64-55)62-50-20-15-38(27-48(50)56-52(62)13-8-24-60-56)42-25-40(31-58-33-42)36-9-4-2-5-10-36/h2-6,8-11,13-34H,7,12H2,1H3. The third-order valence-corrected chi connectivity index (χ3v) is 12.9. The Balaban J connectivity index is 0.932. The summed E-state index contributed by atoms with van der Waals surface area (Å²) in [4.78, 5) is 19.4. The SMILES string of the molecule is Cc1ccc2c(n1)c1cc(-c3cncc(C4=CC=CCC4)c3)ccc1n2-c1ccc2oc3ccc(-n4c5ccc(-c6cncc(-c7ccccc7)c6)cc5c5ncccc54)cc3c2c1. The van der Waals surface area contributed by atoms with Gasteiger partial charge in [0.1, 0.15) is 11.2 Å². The molecule has 0 bridgehead atoms. The van der Waals surface area contributed by atoms with Crippen LogP contribution < -0.4 is 0 Å². The van der Waals surface area contributed by atoms with Crippen LogP contribution in [0, 0.1) is 6.92 Å². The van der Waals surface area contributed by atoms with Gasteiger partial charge in [-0.2, -0.15) is 0 Å². The molecule has 0 atom stereocenters. The molecule has 13 rings (SSSR count). The highest BCUT2D eigenvalue weighted by Crippen LogP contribution is 2.40. The average Bonchev–Trinajstić information content (AvgIpc) is 4.01. The summed E-state index contributed by atoms with van der Waals surface area (Å²) in [6.45, 7) is 2.06. The number of benzene rings is 5. The van der Waals surface area contributed by atoms with Crippen LogP contribution in [0.3, 0.4) is 0 Å². The molecule has 0 radical (unpaired) electrons. The predicted octanol–water partition coefficient (Wildman–Crippen LogP) is 14.4. The lowest BCUT2D eigenvalue weighted by Gasteiger charge is -2.11. The fourth-order valence-electron chi connectivity index (χ4n) is 9.76. The van der Waals surface area contributed by atoms with Gasteiger partial charge < -0.3 is 13.6 Å². The van der Waals surface area contributed by atoms with E-state index in [0.717, 1.165) is 129 Å². The number of pyridine rings is 4. The molecule has 0 unspecified atom stereocenters. The van der Waals surface area contributed by atoms with Crippen molar-refractivity contribution >= 4 is 71.4 Å². The molecule has 7 heteroatoms. The van der Waals surface area contributed by atoms with Gasteiger partial charge in [0.25, 0.3) is 0 Å². The lowest BCUT2D eigenvalue weighted by Crippen LogP contribution is -1.95. The van der Waals surface area contributed by atoms with Crippen LogP contribution in [-0.2, 0) is 0 Å². The van der Waals surface area contributed by atoms with Crippen molar-refractivity contribution in [1.29, 1.82) is 0 Å². The summed E-state index contributed by atoms with van der Waals surface area (Å²) >= 11 is 0. The van der Waals surface area contributed by atoms with Crippen LogP contribution in [-0.4, -0.2) is 29.1 Å². The van der Waals surface area contributed by atoms with E-state index in [9.17, 15) is 0 Å². The molecule has 0 spiro atoms. The van der Waals surface area contributed by atoms with Gasteiger partial charge in [0.2, 0.25) is 0 Å². The monoisotopic (exact) mass is 822 g/mol. The summed E-state index contributed by atoms with van der Waals surface area (Å²) in [5, 5.41) is 4.27. The summed E-state index contributed by atoms with van der Waals surface area (Å²) in [6.07, 6.45) is 18.3. The second-order valence-electron chi connectivity index (χ2n) is 16.7. The zero-order valence-electron chi connectivity index (χ0n) is 34.9. The Morgan fingerprint density at radius 3 is 1.77 bits per heavy atom. The van der Waals surface area contributed by atoms with Crippen LogP contribution in [0.2, 0.25) is 0 Å². The van der Waals surface area contributed by atoms with Crippen molar-refractivity contribution in [2.75, 3.05) is 0 Å². The number of aryl methyl sites for hydroxylation is 1. The molecule has 5 aromatic carbocycles. The first-order valence-electron chi connectivity index (χ1n) is 21.7. The summed E-state index contributed by atoms with van der Waals surface area (Å²) < 4.78 is 11.2. The smallest absolute Gasteiger partial charge is 0.135 e. The second kappa shape index (κ2) is 14.3. The molecule has 0 amide bonds. The van der Waals surface area contributed by atoms with E-state index >= 15 is 0 Å². The van der Waals surface area contributed by atoms with Crippen LogP contribution in [0.25, 0.3) is 116 Å². The Labute approximate surface area is 367 Å². The molecular formula is C57H38N6O. The van der Waals surface area contributed by atoms with Crippen LogP contribution in [0.4, 0.5) is 0 Å². The van der Waals surface area contributed by atoms with Gasteiger partial charge in [-0.05, 0) is 145 Å². The lowest BCUT2D eigenvalue weighted by atomic mass is 9.96. The lowest BCUT2D eigenvalue weighted by molar-refractivity contribution is 0.669. The van der Waals surface area contributed by atoms with Gasteiger partial charge in [-0.25, -0.2) is 0 Å². The van der Waals surface area contributed by atoms with Crippen molar-refractivity contribution in [2.45, 2.75) is 19.8 Å². The van der Waals surface area contributed by atoms with Gasteiger partial charge in [0.05, 0.1) is 33.1 Å². The molecule has 0 saturated carbocycles. The quantitative estimate of drug-likeness (QED) is 0.167. The maximum atomic E-state index is 6.52. The zero-order chi connectivity index (χ0) is 42.3. The molecule has 0 aliphatic heterocycles. The number of hydrogen-bond acceptors (Lipinski definition) is 5. The van der Waals surface area contributed by atoms with E-state index in [0.29, 0.717) is 0 Å². The van der Waals surface area contributed by atoms with Crippen LogP contribution in [0.1, 0.15) is 24.1 Å². The molecule has 302 valence electrons. The number of rotatable bonds is 6. The summed E-state index contributed by atoms with van der Waals surface area (Å²) in [6, 6.07) is 49.7. The van der Waals surface area contributed by atoms with Gasteiger partial charge >= 0.3 is 0 Å². The Kier molecular flexibility index (Phi) is 8.12. The number of fused-ring (bicyclic) bond motifs is 9. The maximum Gasteiger partial charge on any atom is 0.135 e. The maximum absolute atomic E-state index is 6.52. The van der Waals surface area contributed by atoms with Crippen molar-refractivity contribution in [2.24, 2.45) is 0 Å². The van der Waals surface area contributed by atoms with Crippen molar-refractivity contribution in [3.63, 3.8) is 0 Å². The van der Waals surface area contributed by atoms with Crippen molar-refractivity contribution in [3.05, 3.63) is 200 Å². The van der Waals surface area contributed by atoms with Gasteiger partial charge in [-0.15, -0.1) is 0 Å². The van der Waals surface area contributed by atoms with E-state index in [4.69, 9.17) is 14.4 Å². The van der Waals surface area contributed by atoms with Crippen LogP contribution in [0.15, 0.2) is 193 Å². The minimum Gasteiger partial charge on any atom is -0.456 e. The minimum absolute atomic E-state index is 0.836. The van der Waals surface area contributed by atoms with Gasteiger partial charge in [0.15, 0.2) is 0 Å². The molecule has 7 heterocycles. The molecule has 0 fully saturated rings. The molecule has 1 aliphatic carbocycles. The summed E-state index contributed by atoms with van der Waals surface area (Å²) in [5.74, 6) is 0. The topological polar surface area (TPSA) is 74.6 Å². The van der Waals surface area contributed by atoms with E-state index < -0.39 is 0 Å². The Morgan fingerprint density at radius 2 is 1.09 bits per heavy atom. The molecular weight excluding hydrogens is 785 g/mol. The highest BCUT2D eigenvalue weighted by Gasteiger charge is 2.20. The number of allylic oxidation sites excluding steroid dienone is 4. The highest BCUT2D eigenvalue weighted by molar-refractivity contribution is 6.12. The third kappa shape index (κ3) is 5.82. The first-order chi connectivity index (χ1) is 31.6. The number of furan rings is 1. The predicted molar refractivity (Wildman–Crippen MR) is 261 cm³/mol. The van der Waals surface area contributed by atoms with Crippen molar-refractivity contribution in [3.8, 4) is 44.8 Å². The van der Waals surface area contributed by atoms with E-state index in [2.05, 4.69) is 172 Å². The summed E-state index contributed by atoms with van der Waals surface area (Å²) in [7, 11) is 0.